The number of anilines is 2. The Morgan fingerprint density at radius 3 is 2.22 bits per heavy atom. The molecule has 1 heterocycles. The van der Waals surface area contributed by atoms with Crippen LogP contribution >= 0.6 is 0 Å². The van der Waals surface area contributed by atoms with Crippen molar-refractivity contribution in [2.24, 2.45) is 21.5 Å². The summed E-state index contributed by atoms with van der Waals surface area (Å²) in [5.74, 6) is -2.61. The van der Waals surface area contributed by atoms with Gasteiger partial charge in [0.1, 0.15) is 5.84 Å². The minimum Gasteiger partial charge on any atom is -0.383 e. The highest BCUT2D eigenvalue weighted by atomic mass is 19.4. The highest BCUT2D eigenvalue weighted by Gasteiger charge is 2.30. The van der Waals surface area contributed by atoms with Crippen LogP contribution in [0.3, 0.4) is 0 Å². The Balaban J connectivity index is 1.60. The van der Waals surface area contributed by atoms with Crippen LogP contribution in [0, 0.1) is 0 Å². The van der Waals surface area contributed by atoms with Gasteiger partial charge in [-0.1, -0.05) is 25.1 Å². The van der Waals surface area contributed by atoms with Gasteiger partial charge in [0.25, 0.3) is 17.7 Å². The Morgan fingerprint density at radius 2 is 1.53 bits per heavy atom. The first kappa shape index (κ1) is 36.6. The second kappa shape index (κ2) is 16.2. The Morgan fingerprint density at radius 1 is 0.857 bits per heavy atom. The maximum atomic E-state index is 13.5. The number of piperidine rings is 1. The Labute approximate surface area is 283 Å². The molecule has 0 unspecified atom stereocenters. The van der Waals surface area contributed by atoms with E-state index in [0.29, 0.717) is 18.7 Å². The molecule has 1 fully saturated rings. The molecule has 14 heteroatoms. The van der Waals surface area contributed by atoms with E-state index >= 15 is 0 Å². The molecule has 3 aromatic carbocycles. The molecule has 0 radical (unpaired) electrons. The van der Waals surface area contributed by atoms with Crippen molar-refractivity contribution in [2.45, 2.75) is 32.4 Å². The molecule has 3 amide bonds. The second-order valence-corrected chi connectivity index (χ2v) is 11.8. The Bertz CT molecular complexity index is 1730. The number of hydrogen-bond acceptors (Lipinski definition) is 5. The van der Waals surface area contributed by atoms with E-state index in [2.05, 4.69) is 25.1 Å². The summed E-state index contributed by atoms with van der Waals surface area (Å²) in [6.07, 6.45) is -1.54. The maximum absolute atomic E-state index is 13.5. The van der Waals surface area contributed by atoms with Crippen molar-refractivity contribution in [1.29, 1.82) is 0 Å². The van der Waals surface area contributed by atoms with Gasteiger partial charge in [-0.2, -0.15) is 23.2 Å². The molecule has 0 bridgehead atoms. The molecule has 4 rings (SSSR count). The molecule has 11 nitrogen and oxygen atoms in total. The van der Waals surface area contributed by atoms with Crippen LogP contribution in [0.25, 0.3) is 0 Å². The molecular formula is C35H41F3N8O3. The Hall–Kier alpha value is -5.24. The van der Waals surface area contributed by atoms with Gasteiger partial charge in [-0.05, 0) is 81.4 Å². The highest BCUT2D eigenvalue weighted by molar-refractivity contribution is 6.13. The van der Waals surface area contributed by atoms with Crippen molar-refractivity contribution in [3.63, 3.8) is 0 Å². The number of halogens is 3. The number of amides is 3. The lowest BCUT2D eigenvalue weighted by molar-refractivity contribution is -0.137. The topological polar surface area (TPSA) is 150 Å². The van der Waals surface area contributed by atoms with Gasteiger partial charge < -0.3 is 31.5 Å². The first-order valence-electron chi connectivity index (χ1n) is 15.9. The predicted molar refractivity (Wildman–Crippen MR) is 185 cm³/mol. The largest absolute Gasteiger partial charge is 0.416 e. The summed E-state index contributed by atoms with van der Waals surface area (Å²) in [5, 5.41) is 2.75. The van der Waals surface area contributed by atoms with Crippen molar-refractivity contribution in [3.05, 3.63) is 94.5 Å². The van der Waals surface area contributed by atoms with Crippen molar-refractivity contribution in [3.8, 4) is 0 Å². The van der Waals surface area contributed by atoms with Crippen LogP contribution in [0.4, 0.5) is 24.5 Å². The van der Waals surface area contributed by atoms with Gasteiger partial charge in [-0.15, -0.1) is 0 Å². The minimum atomic E-state index is -4.59. The number of nitrogens with one attached hydrogen (secondary N) is 1. The maximum Gasteiger partial charge on any atom is 0.416 e. The zero-order valence-electron chi connectivity index (χ0n) is 27.8. The zero-order valence-corrected chi connectivity index (χ0v) is 27.8. The molecule has 1 aliphatic heterocycles. The van der Waals surface area contributed by atoms with Gasteiger partial charge in [-0.25, -0.2) is 0 Å². The summed E-state index contributed by atoms with van der Waals surface area (Å²) in [4.78, 5) is 53.5. The number of likely N-dealkylation sites (N-methyl/N-ethyl adjacent to an activating group) is 2. The summed E-state index contributed by atoms with van der Waals surface area (Å²) in [7, 11) is 3.66. The van der Waals surface area contributed by atoms with Crippen LogP contribution in [0.15, 0.2) is 76.7 Å². The molecule has 49 heavy (non-hydrogen) atoms. The lowest BCUT2D eigenvalue weighted by atomic mass is 10.1. The standard InChI is InChI=1S/C35H41F3N8O3/c1-4-44(2)18-19-45(3)33(49)25-12-8-11-24(20-25)31(47)41-29-15-14-27(46-16-6-5-7-17-46)22-28(29)32(48)43-34(40)42-30(39)23-10-9-13-26(21-23)35(36,37)38/h8-15,20-22H,4-7,16-19H2,1-3H3,(H,41,47)(H4,39,40,42,43,48). The van der Waals surface area contributed by atoms with E-state index in [4.69, 9.17) is 11.5 Å². The average Bonchev–Trinajstić information content (AvgIpc) is 3.10. The van der Waals surface area contributed by atoms with Crippen LogP contribution in [-0.4, -0.2) is 86.1 Å². The number of nitrogens with two attached hydrogens (primary N) is 2. The number of rotatable bonds is 10. The van der Waals surface area contributed by atoms with Gasteiger partial charge in [-0.3, -0.25) is 14.4 Å². The van der Waals surface area contributed by atoms with E-state index in [0.717, 1.165) is 56.7 Å². The molecule has 260 valence electrons. The van der Waals surface area contributed by atoms with E-state index in [1.165, 1.54) is 18.2 Å². The molecule has 3 aromatic rings. The first-order chi connectivity index (χ1) is 23.3. The van der Waals surface area contributed by atoms with E-state index < -0.39 is 29.5 Å². The van der Waals surface area contributed by atoms with Gasteiger partial charge in [0, 0.05) is 55.6 Å². The van der Waals surface area contributed by atoms with Crippen LogP contribution in [-0.2, 0) is 6.18 Å². The summed E-state index contributed by atoms with van der Waals surface area (Å²) in [6.45, 7) is 5.65. The average molecular weight is 679 g/mol. The second-order valence-electron chi connectivity index (χ2n) is 11.8. The summed E-state index contributed by atoms with van der Waals surface area (Å²) < 4.78 is 39.5. The number of alkyl halides is 3. The van der Waals surface area contributed by atoms with E-state index in [1.54, 1.807) is 48.3 Å². The summed E-state index contributed by atoms with van der Waals surface area (Å²) in [6, 6.07) is 15.5. The highest BCUT2D eigenvalue weighted by Crippen LogP contribution is 2.30. The molecule has 0 atom stereocenters. The van der Waals surface area contributed by atoms with E-state index in [1.807, 2.05) is 14.0 Å². The van der Waals surface area contributed by atoms with Gasteiger partial charge in [0.15, 0.2) is 0 Å². The molecular weight excluding hydrogens is 637 g/mol. The molecule has 0 aromatic heterocycles. The molecule has 0 spiro atoms. The number of guanidine groups is 1. The summed E-state index contributed by atoms with van der Waals surface area (Å²) >= 11 is 0. The molecule has 0 aliphatic carbocycles. The summed E-state index contributed by atoms with van der Waals surface area (Å²) in [5.41, 5.74) is 12.3. The number of benzene rings is 3. The number of carbonyl (C=O) groups excluding carboxylic acids is 3. The van der Waals surface area contributed by atoms with Gasteiger partial charge in [0.2, 0.25) is 5.96 Å². The molecule has 0 saturated carbocycles. The lowest BCUT2D eigenvalue weighted by Crippen LogP contribution is -2.34. The predicted octanol–water partition coefficient (Wildman–Crippen LogP) is 4.83. The molecule has 1 aliphatic rings. The van der Waals surface area contributed by atoms with Crippen molar-refractivity contribution in [2.75, 3.05) is 57.0 Å². The molecule has 5 N–H and O–H groups in total. The fourth-order valence-electron chi connectivity index (χ4n) is 5.19. The number of carbonyl (C=O) groups is 3. The fourth-order valence-corrected chi connectivity index (χ4v) is 5.19. The number of amidine groups is 1. The van der Waals surface area contributed by atoms with Crippen LogP contribution < -0.4 is 21.7 Å². The lowest BCUT2D eigenvalue weighted by Gasteiger charge is -2.29. The first-order valence-corrected chi connectivity index (χ1v) is 15.9. The van der Waals surface area contributed by atoms with E-state index in [9.17, 15) is 27.6 Å². The zero-order chi connectivity index (χ0) is 35.7. The smallest absolute Gasteiger partial charge is 0.383 e. The third-order valence-electron chi connectivity index (χ3n) is 8.22. The Kier molecular flexibility index (Phi) is 12.1. The minimum absolute atomic E-state index is 0.0132. The van der Waals surface area contributed by atoms with Crippen LogP contribution in [0.5, 0.6) is 0 Å². The fraction of sp³-hybridized carbons (Fsp3) is 0.343. The van der Waals surface area contributed by atoms with Crippen LogP contribution in [0.1, 0.15) is 68.4 Å². The van der Waals surface area contributed by atoms with Crippen LogP contribution in [0.2, 0.25) is 0 Å². The molecule has 1 saturated heterocycles. The third-order valence-corrected chi connectivity index (χ3v) is 8.22. The van der Waals surface area contributed by atoms with Gasteiger partial charge in [0.05, 0.1) is 16.8 Å². The quantitative estimate of drug-likeness (QED) is 0.205. The number of hydrogen-bond donors (Lipinski definition) is 3. The monoisotopic (exact) mass is 678 g/mol. The van der Waals surface area contributed by atoms with Crippen molar-refractivity contribution < 1.29 is 27.6 Å². The number of aliphatic imine (C=N–C) groups is 2. The SMILES string of the molecule is CCN(C)CCN(C)C(=O)c1cccc(C(=O)Nc2ccc(N3CCCCC3)cc2C(=O)N=C(N)N=C(N)c2cccc(C(F)(F)F)c2)c1. The normalized spacial score (nSPS) is 14.1. The van der Waals surface area contributed by atoms with Gasteiger partial charge >= 0.3 is 6.18 Å². The van der Waals surface area contributed by atoms with Crippen molar-refractivity contribution >= 4 is 40.9 Å². The van der Waals surface area contributed by atoms with E-state index in [-0.39, 0.29) is 34.1 Å². The third kappa shape index (κ3) is 9.89. The van der Waals surface area contributed by atoms with Crippen molar-refractivity contribution in [1.82, 2.24) is 9.80 Å². The number of nitrogens with zero attached hydrogens (tertiary/aromatic N) is 5.